The van der Waals surface area contributed by atoms with Crippen molar-refractivity contribution in [1.29, 1.82) is 0 Å². The summed E-state index contributed by atoms with van der Waals surface area (Å²) in [5.41, 5.74) is 0. The van der Waals surface area contributed by atoms with Crippen molar-refractivity contribution in [2.75, 3.05) is 13.7 Å². The summed E-state index contributed by atoms with van der Waals surface area (Å²) < 4.78 is 5.05. The van der Waals surface area contributed by atoms with Gasteiger partial charge >= 0.3 is 0 Å². The van der Waals surface area contributed by atoms with E-state index in [9.17, 15) is 4.79 Å². The molecule has 2 aromatic heterocycles. The SMILES string of the molecule is COc1csc(C(=O)NCc2ccc(C#CCO)s2)c1. The van der Waals surface area contributed by atoms with Crippen molar-refractivity contribution < 1.29 is 14.6 Å². The molecule has 0 saturated carbocycles. The Hall–Kier alpha value is -1.81. The molecule has 2 heterocycles. The second kappa shape index (κ2) is 7.10. The van der Waals surface area contributed by atoms with E-state index in [4.69, 9.17) is 9.84 Å². The minimum Gasteiger partial charge on any atom is -0.496 e. The van der Waals surface area contributed by atoms with E-state index in [-0.39, 0.29) is 12.5 Å². The fourth-order valence-corrected chi connectivity index (χ4v) is 3.06. The van der Waals surface area contributed by atoms with Gasteiger partial charge in [0.15, 0.2) is 0 Å². The van der Waals surface area contributed by atoms with E-state index in [0.717, 1.165) is 9.75 Å². The van der Waals surface area contributed by atoms with E-state index in [1.54, 1.807) is 18.6 Å². The van der Waals surface area contributed by atoms with E-state index in [1.165, 1.54) is 22.7 Å². The van der Waals surface area contributed by atoms with Crippen LogP contribution in [0.2, 0.25) is 0 Å². The molecule has 1 amide bonds. The van der Waals surface area contributed by atoms with E-state index >= 15 is 0 Å². The topological polar surface area (TPSA) is 58.6 Å². The van der Waals surface area contributed by atoms with Crippen LogP contribution in [0.5, 0.6) is 5.75 Å². The number of ether oxygens (including phenoxy) is 1. The summed E-state index contributed by atoms with van der Waals surface area (Å²) in [7, 11) is 1.57. The minimum atomic E-state index is -0.149. The van der Waals surface area contributed by atoms with Crippen LogP contribution in [0.15, 0.2) is 23.6 Å². The van der Waals surface area contributed by atoms with Crippen LogP contribution in [0, 0.1) is 11.8 Å². The molecule has 6 heteroatoms. The van der Waals surface area contributed by atoms with Gasteiger partial charge < -0.3 is 15.2 Å². The summed E-state index contributed by atoms with van der Waals surface area (Å²) in [5.74, 6) is 6.01. The summed E-state index contributed by atoms with van der Waals surface area (Å²) in [6.45, 7) is 0.314. The normalized spacial score (nSPS) is 9.70. The molecule has 104 valence electrons. The van der Waals surface area contributed by atoms with Crippen molar-refractivity contribution in [1.82, 2.24) is 5.32 Å². The van der Waals surface area contributed by atoms with Gasteiger partial charge in [0.1, 0.15) is 12.4 Å². The molecule has 0 spiro atoms. The first-order valence-corrected chi connectivity index (χ1v) is 7.51. The van der Waals surface area contributed by atoms with Crippen LogP contribution in [0.3, 0.4) is 0 Å². The van der Waals surface area contributed by atoms with Crippen LogP contribution in [0.1, 0.15) is 19.4 Å². The highest BCUT2D eigenvalue weighted by atomic mass is 32.1. The van der Waals surface area contributed by atoms with E-state index in [0.29, 0.717) is 17.2 Å². The number of hydrogen-bond donors (Lipinski definition) is 2. The molecule has 2 N–H and O–H groups in total. The van der Waals surface area contributed by atoms with Crippen molar-refractivity contribution >= 4 is 28.6 Å². The smallest absolute Gasteiger partial charge is 0.261 e. The third-order valence-corrected chi connectivity index (χ3v) is 4.32. The first-order chi connectivity index (χ1) is 9.72. The van der Waals surface area contributed by atoms with Gasteiger partial charge in [0.05, 0.1) is 23.4 Å². The van der Waals surface area contributed by atoms with E-state index in [1.807, 2.05) is 12.1 Å². The van der Waals surface area contributed by atoms with Gasteiger partial charge in [-0.25, -0.2) is 0 Å². The zero-order valence-corrected chi connectivity index (χ0v) is 12.4. The average Bonchev–Trinajstić information content (AvgIpc) is 3.11. The number of thiophene rings is 2. The highest BCUT2D eigenvalue weighted by Crippen LogP contribution is 2.21. The van der Waals surface area contributed by atoms with Gasteiger partial charge in [0.2, 0.25) is 0 Å². The second-order valence-corrected chi connectivity index (χ2v) is 5.84. The number of carbonyl (C=O) groups is 1. The molecule has 0 saturated heterocycles. The summed E-state index contributed by atoms with van der Waals surface area (Å²) in [6.07, 6.45) is 0. The van der Waals surface area contributed by atoms with Crippen molar-refractivity contribution in [3.8, 4) is 17.6 Å². The molecule has 0 aromatic carbocycles. The number of amides is 1. The van der Waals surface area contributed by atoms with Crippen molar-refractivity contribution in [3.63, 3.8) is 0 Å². The number of aliphatic hydroxyl groups excluding tert-OH is 1. The van der Waals surface area contributed by atoms with Gasteiger partial charge in [-0.2, -0.15) is 0 Å². The largest absolute Gasteiger partial charge is 0.496 e. The van der Waals surface area contributed by atoms with Crippen LogP contribution in [0.25, 0.3) is 0 Å². The maximum Gasteiger partial charge on any atom is 0.261 e. The molecule has 0 fully saturated rings. The standard InChI is InChI=1S/C14H13NO3S2/c1-18-10-7-13(19-9-10)14(17)15-8-12-5-4-11(20-12)3-2-6-16/h4-5,7,9,16H,6,8H2,1H3,(H,15,17). The highest BCUT2D eigenvalue weighted by Gasteiger charge is 2.09. The predicted octanol–water partition coefficient (Wildman–Crippen LogP) is 2.09. The molecule has 4 nitrogen and oxygen atoms in total. The predicted molar refractivity (Wildman–Crippen MR) is 80.3 cm³/mol. The van der Waals surface area contributed by atoms with Crippen LogP contribution >= 0.6 is 22.7 Å². The lowest BCUT2D eigenvalue weighted by Crippen LogP contribution is -2.21. The zero-order valence-electron chi connectivity index (χ0n) is 10.8. The number of carbonyl (C=O) groups excluding carboxylic acids is 1. The number of methoxy groups -OCH3 is 1. The molecular formula is C14H13NO3S2. The van der Waals surface area contributed by atoms with Gasteiger partial charge in [-0.05, 0) is 12.1 Å². The molecule has 0 atom stereocenters. The van der Waals surface area contributed by atoms with Gasteiger partial charge in [-0.1, -0.05) is 11.8 Å². The van der Waals surface area contributed by atoms with E-state index in [2.05, 4.69) is 17.2 Å². The number of rotatable bonds is 4. The molecule has 0 aliphatic carbocycles. The molecule has 0 aliphatic heterocycles. The third kappa shape index (κ3) is 3.84. The van der Waals surface area contributed by atoms with Gasteiger partial charge in [-0.15, -0.1) is 22.7 Å². The fraction of sp³-hybridized carbons (Fsp3) is 0.214. The van der Waals surface area contributed by atoms with Gasteiger partial charge in [0, 0.05) is 16.3 Å². The van der Waals surface area contributed by atoms with Crippen molar-refractivity contribution in [2.45, 2.75) is 6.54 Å². The maximum absolute atomic E-state index is 11.9. The fourth-order valence-electron chi connectivity index (χ4n) is 1.47. The maximum atomic E-state index is 11.9. The van der Waals surface area contributed by atoms with Crippen LogP contribution in [-0.2, 0) is 6.54 Å². The lowest BCUT2D eigenvalue weighted by molar-refractivity contribution is 0.0955. The molecule has 0 radical (unpaired) electrons. The molecule has 2 aromatic rings. The van der Waals surface area contributed by atoms with Crippen LogP contribution in [0.4, 0.5) is 0 Å². The molecule has 0 aliphatic rings. The number of nitrogens with one attached hydrogen (secondary N) is 1. The summed E-state index contributed by atoms with van der Waals surface area (Å²) in [4.78, 5) is 14.4. The van der Waals surface area contributed by atoms with Gasteiger partial charge in [0.25, 0.3) is 5.91 Å². The van der Waals surface area contributed by atoms with Gasteiger partial charge in [-0.3, -0.25) is 4.79 Å². The quantitative estimate of drug-likeness (QED) is 0.850. The monoisotopic (exact) mass is 307 g/mol. The lowest BCUT2D eigenvalue weighted by atomic mass is 10.4. The Bertz CT molecular complexity index is 649. The Balaban J connectivity index is 1.91. The van der Waals surface area contributed by atoms with Crippen LogP contribution < -0.4 is 10.1 Å². The Morgan fingerprint density at radius 1 is 1.50 bits per heavy atom. The van der Waals surface area contributed by atoms with Crippen LogP contribution in [-0.4, -0.2) is 24.7 Å². The molecule has 0 unspecified atom stereocenters. The first-order valence-electron chi connectivity index (χ1n) is 5.82. The Labute approximate surface area is 125 Å². The summed E-state index contributed by atoms with van der Waals surface area (Å²) >= 11 is 2.85. The number of aliphatic hydroxyl groups is 1. The Morgan fingerprint density at radius 3 is 3.05 bits per heavy atom. The van der Waals surface area contributed by atoms with Crippen molar-refractivity contribution in [3.05, 3.63) is 38.2 Å². The second-order valence-electron chi connectivity index (χ2n) is 3.76. The molecule has 20 heavy (non-hydrogen) atoms. The molecular weight excluding hydrogens is 294 g/mol. The average molecular weight is 307 g/mol. The Morgan fingerprint density at radius 2 is 2.35 bits per heavy atom. The highest BCUT2D eigenvalue weighted by molar-refractivity contribution is 7.12. The minimum absolute atomic E-state index is 0.116. The summed E-state index contributed by atoms with van der Waals surface area (Å²) in [6, 6.07) is 5.51. The Kier molecular flexibility index (Phi) is 5.18. The number of hydrogen-bond acceptors (Lipinski definition) is 5. The van der Waals surface area contributed by atoms with Crippen molar-refractivity contribution in [2.24, 2.45) is 0 Å². The molecule has 0 bridgehead atoms. The lowest BCUT2D eigenvalue weighted by Gasteiger charge is -2.00. The summed E-state index contributed by atoms with van der Waals surface area (Å²) in [5, 5.41) is 13.3. The zero-order chi connectivity index (χ0) is 14.4. The first kappa shape index (κ1) is 14.6. The van der Waals surface area contributed by atoms with E-state index < -0.39 is 0 Å². The third-order valence-electron chi connectivity index (χ3n) is 2.41. The molecule has 2 rings (SSSR count).